The van der Waals surface area contributed by atoms with E-state index in [2.05, 4.69) is 62.2 Å². The third-order valence-corrected chi connectivity index (χ3v) is 7.75. The number of ether oxygens (including phenoxy) is 3. The Kier molecular flexibility index (Phi) is 9.75. The van der Waals surface area contributed by atoms with E-state index < -0.39 is 0 Å². The number of nitrogens with one attached hydrogen (secondary N) is 1. The zero-order chi connectivity index (χ0) is 27.2. The quantitative estimate of drug-likeness (QED) is 0.245. The second-order valence-electron chi connectivity index (χ2n) is 8.67. The maximum absolute atomic E-state index is 6.27. The third kappa shape index (κ3) is 7.50. The lowest BCUT2D eigenvalue weighted by Gasteiger charge is -2.30. The normalized spacial score (nSPS) is 16.1. The highest BCUT2D eigenvalue weighted by Crippen LogP contribution is 2.35. The number of hydrogen-bond acceptors (Lipinski definition) is 10. The van der Waals surface area contributed by atoms with Crippen LogP contribution in [-0.4, -0.2) is 73.8 Å². The molecule has 0 radical (unpaired) electrons. The van der Waals surface area contributed by atoms with Gasteiger partial charge in [-0.1, -0.05) is 29.3 Å². The molecule has 2 aliphatic rings. The standard InChI is InChI=1S/C25H25Br2Cl2N7O3/c26-19-11-16(12-20(27)22(19)39-15-17-1-2-18(28)13-21(17)29)14-30-34-23-31-24(35-3-7-37-8-4-35)33-25(32-23)36-5-9-38-10-6-36/h1-2,11-14H,3-10,15H2,(H,31,32,33,34). The van der Waals surface area contributed by atoms with Crippen LogP contribution >= 0.6 is 55.1 Å². The van der Waals surface area contributed by atoms with Crippen molar-refractivity contribution in [2.45, 2.75) is 6.61 Å². The molecular weight excluding hydrogens is 677 g/mol. The lowest BCUT2D eigenvalue weighted by atomic mass is 10.2. The summed E-state index contributed by atoms with van der Waals surface area (Å²) in [5.41, 5.74) is 4.63. The van der Waals surface area contributed by atoms with Gasteiger partial charge in [-0.05, 0) is 61.7 Å². The summed E-state index contributed by atoms with van der Waals surface area (Å²) < 4.78 is 18.5. The van der Waals surface area contributed by atoms with Gasteiger partial charge in [-0.2, -0.15) is 20.1 Å². The van der Waals surface area contributed by atoms with Crippen molar-refractivity contribution in [2.75, 3.05) is 67.8 Å². The van der Waals surface area contributed by atoms with Crippen LogP contribution in [0.25, 0.3) is 0 Å². The van der Waals surface area contributed by atoms with Crippen molar-refractivity contribution < 1.29 is 14.2 Å². The Morgan fingerprint density at radius 3 is 2.05 bits per heavy atom. The van der Waals surface area contributed by atoms with Crippen molar-refractivity contribution >= 4 is 79.1 Å². The van der Waals surface area contributed by atoms with Crippen LogP contribution < -0.4 is 20.0 Å². The number of halogens is 4. The highest BCUT2D eigenvalue weighted by molar-refractivity contribution is 9.11. The lowest BCUT2D eigenvalue weighted by molar-refractivity contribution is 0.121. The first-order valence-electron chi connectivity index (χ1n) is 12.2. The number of nitrogens with zero attached hydrogens (tertiary/aromatic N) is 6. The molecule has 0 aliphatic carbocycles. The molecule has 0 unspecified atom stereocenters. The predicted molar refractivity (Wildman–Crippen MR) is 160 cm³/mol. The Morgan fingerprint density at radius 2 is 1.49 bits per heavy atom. The molecule has 0 bridgehead atoms. The molecule has 2 saturated heterocycles. The van der Waals surface area contributed by atoms with Crippen LogP contribution in [0.15, 0.2) is 44.4 Å². The van der Waals surface area contributed by atoms with Gasteiger partial charge in [-0.3, -0.25) is 0 Å². The Labute approximate surface area is 252 Å². The largest absolute Gasteiger partial charge is 0.486 e. The summed E-state index contributed by atoms with van der Waals surface area (Å²) in [6.45, 7) is 5.70. The van der Waals surface area contributed by atoms with Crippen molar-refractivity contribution in [1.82, 2.24) is 15.0 Å². The fourth-order valence-corrected chi connectivity index (χ4v) is 5.87. The van der Waals surface area contributed by atoms with Crippen LogP contribution in [0.4, 0.5) is 17.8 Å². The maximum atomic E-state index is 6.27. The van der Waals surface area contributed by atoms with Crippen molar-refractivity contribution in [3.8, 4) is 5.75 Å². The van der Waals surface area contributed by atoms with Crippen LogP contribution in [-0.2, 0) is 16.1 Å². The monoisotopic (exact) mass is 699 g/mol. The zero-order valence-electron chi connectivity index (χ0n) is 20.7. The van der Waals surface area contributed by atoms with Crippen LogP contribution in [0.3, 0.4) is 0 Å². The van der Waals surface area contributed by atoms with Gasteiger partial charge in [0.1, 0.15) is 12.4 Å². The molecule has 0 amide bonds. The van der Waals surface area contributed by atoms with E-state index in [1.807, 2.05) is 18.2 Å². The van der Waals surface area contributed by atoms with Crippen LogP contribution in [0.5, 0.6) is 5.75 Å². The molecule has 5 rings (SSSR count). The average Bonchev–Trinajstić information content (AvgIpc) is 2.94. The molecule has 1 N–H and O–H groups in total. The number of anilines is 3. The van der Waals surface area contributed by atoms with Gasteiger partial charge in [-0.15, -0.1) is 0 Å². The topological polar surface area (TPSA) is 97.2 Å². The van der Waals surface area contributed by atoms with Gasteiger partial charge in [0.05, 0.1) is 41.6 Å². The number of hydrogen-bond donors (Lipinski definition) is 1. The Morgan fingerprint density at radius 1 is 0.897 bits per heavy atom. The summed E-state index contributed by atoms with van der Waals surface area (Å²) >= 11 is 19.4. The summed E-state index contributed by atoms with van der Waals surface area (Å²) in [4.78, 5) is 18.1. The Bertz CT molecular complexity index is 1280. The van der Waals surface area contributed by atoms with E-state index in [0.29, 0.717) is 66.7 Å². The molecule has 0 spiro atoms. The van der Waals surface area contributed by atoms with E-state index in [1.165, 1.54) is 0 Å². The highest BCUT2D eigenvalue weighted by Gasteiger charge is 2.20. The van der Waals surface area contributed by atoms with Gasteiger partial charge in [0.25, 0.3) is 0 Å². The number of hydrazone groups is 1. The third-order valence-electron chi connectivity index (χ3n) is 5.99. The SMILES string of the molecule is Clc1ccc(COc2c(Br)cc(C=NNc3nc(N4CCOCC4)nc(N4CCOCC4)n3)cc2Br)c(Cl)c1. The fourth-order valence-electron chi connectivity index (χ4n) is 3.96. The molecule has 0 saturated carbocycles. The minimum Gasteiger partial charge on any atom is -0.486 e. The molecule has 10 nitrogen and oxygen atoms in total. The van der Waals surface area contributed by atoms with Gasteiger partial charge < -0.3 is 24.0 Å². The average molecular weight is 702 g/mol. The summed E-state index contributed by atoms with van der Waals surface area (Å²) in [5, 5.41) is 5.51. The highest BCUT2D eigenvalue weighted by atomic mass is 79.9. The van der Waals surface area contributed by atoms with Crippen LogP contribution in [0, 0.1) is 0 Å². The Balaban J connectivity index is 1.29. The first kappa shape index (κ1) is 28.3. The maximum Gasteiger partial charge on any atom is 0.250 e. The second kappa shape index (κ2) is 13.4. The van der Waals surface area contributed by atoms with Crippen molar-refractivity contribution in [1.29, 1.82) is 0 Å². The number of benzene rings is 2. The first-order chi connectivity index (χ1) is 19.0. The van der Waals surface area contributed by atoms with Crippen molar-refractivity contribution in [2.24, 2.45) is 5.10 Å². The van der Waals surface area contributed by atoms with Gasteiger partial charge in [0.15, 0.2) is 0 Å². The molecule has 3 aromatic rings. The molecule has 0 atom stereocenters. The predicted octanol–water partition coefficient (Wildman–Crippen LogP) is 5.40. The summed E-state index contributed by atoms with van der Waals surface area (Å²) in [6.07, 6.45) is 1.68. The van der Waals surface area contributed by atoms with Crippen molar-refractivity contribution in [3.05, 3.63) is 60.4 Å². The van der Waals surface area contributed by atoms with E-state index in [0.717, 1.165) is 46.3 Å². The molecule has 3 heterocycles. The Hall–Kier alpha value is -2.22. The summed E-state index contributed by atoms with van der Waals surface area (Å²) in [5.74, 6) is 2.21. The van der Waals surface area contributed by atoms with Gasteiger partial charge in [-0.25, -0.2) is 5.43 Å². The number of rotatable bonds is 8. The van der Waals surface area contributed by atoms with Gasteiger partial charge >= 0.3 is 0 Å². The van der Waals surface area contributed by atoms with E-state index in [9.17, 15) is 0 Å². The molecule has 14 heteroatoms. The van der Waals surface area contributed by atoms with Crippen LogP contribution in [0.2, 0.25) is 10.0 Å². The van der Waals surface area contributed by atoms with E-state index >= 15 is 0 Å². The molecule has 2 aliphatic heterocycles. The molecule has 2 fully saturated rings. The van der Waals surface area contributed by atoms with Crippen molar-refractivity contribution in [3.63, 3.8) is 0 Å². The number of morpholine rings is 2. The number of aromatic nitrogens is 3. The fraction of sp³-hybridized carbons (Fsp3) is 0.360. The molecule has 2 aromatic carbocycles. The molecule has 39 heavy (non-hydrogen) atoms. The van der Waals surface area contributed by atoms with Gasteiger partial charge in [0.2, 0.25) is 17.8 Å². The molecular formula is C25H25Br2Cl2N7O3. The summed E-state index contributed by atoms with van der Waals surface area (Å²) in [6, 6.07) is 9.12. The van der Waals surface area contributed by atoms with E-state index in [-0.39, 0.29) is 0 Å². The molecule has 206 valence electrons. The van der Waals surface area contributed by atoms with E-state index in [4.69, 9.17) is 42.4 Å². The first-order valence-corrected chi connectivity index (χ1v) is 14.6. The second-order valence-corrected chi connectivity index (χ2v) is 11.2. The lowest BCUT2D eigenvalue weighted by Crippen LogP contribution is -2.40. The van der Waals surface area contributed by atoms with Gasteiger partial charge in [0, 0.05) is 41.8 Å². The zero-order valence-corrected chi connectivity index (χ0v) is 25.4. The van der Waals surface area contributed by atoms with Crippen LogP contribution in [0.1, 0.15) is 11.1 Å². The smallest absolute Gasteiger partial charge is 0.250 e. The summed E-state index contributed by atoms with van der Waals surface area (Å²) in [7, 11) is 0. The van der Waals surface area contributed by atoms with E-state index in [1.54, 1.807) is 18.3 Å². The minimum atomic E-state index is 0.290. The molecule has 1 aromatic heterocycles. The minimum absolute atomic E-state index is 0.290.